The van der Waals surface area contributed by atoms with Crippen LogP contribution in [0.25, 0.3) is 0 Å². The summed E-state index contributed by atoms with van der Waals surface area (Å²) in [4.78, 5) is 0. The summed E-state index contributed by atoms with van der Waals surface area (Å²) in [5, 5.41) is 8.45. The smallest absolute Gasteiger partial charge is 0.103 e. The molecule has 0 radical (unpaired) electrons. The van der Waals surface area contributed by atoms with E-state index in [-0.39, 0.29) is 0 Å². The van der Waals surface area contributed by atoms with Crippen molar-refractivity contribution in [3.8, 4) is 0 Å². The van der Waals surface area contributed by atoms with Gasteiger partial charge in [0.1, 0.15) is 6.23 Å². The van der Waals surface area contributed by atoms with Gasteiger partial charge in [-0.3, -0.25) is 0 Å². The van der Waals surface area contributed by atoms with E-state index in [0.717, 1.165) is 5.75 Å². The maximum absolute atomic E-state index is 8.45. The molecule has 0 fully saturated rings. The quantitative estimate of drug-likeness (QED) is 0.517. The van der Waals surface area contributed by atoms with Gasteiger partial charge in [-0.1, -0.05) is 0 Å². The molecular weight excluding hydrogens is 110 g/mol. The number of hydrogen-bond acceptors (Lipinski definition) is 3. The lowest BCUT2D eigenvalue weighted by Gasteiger charge is -1.98. The number of aliphatic hydroxyl groups is 1. The lowest BCUT2D eigenvalue weighted by atomic mass is 10.4. The van der Waals surface area contributed by atoms with E-state index >= 15 is 0 Å². The van der Waals surface area contributed by atoms with Crippen LogP contribution in [-0.4, -0.2) is 23.3 Å². The van der Waals surface area contributed by atoms with Crippen LogP contribution in [0.4, 0.5) is 0 Å². The summed E-state index contributed by atoms with van der Waals surface area (Å²) in [7, 11) is 0. The van der Waals surface area contributed by atoms with Gasteiger partial charge in [-0.05, 0) is 18.4 Å². The van der Waals surface area contributed by atoms with Crippen molar-refractivity contribution in [3.05, 3.63) is 0 Å². The largest absolute Gasteiger partial charge is 0.379 e. The Balaban J connectivity index is 2.68. The standard InChI is InChI=1S/C4H11NOS/c1-7-3-2-4(5)6/h4,6H,2-3,5H2,1H3/t4-/m1/s1. The molecule has 0 amide bonds. The minimum atomic E-state index is -0.618. The van der Waals surface area contributed by atoms with E-state index < -0.39 is 6.23 Å². The van der Waals surface area contributed by atoms with E-state index in [1.54, 1.807) is 11.8 Å². The van der Waals surface area contributed by atoms with Gasteiger partial charge in [0.05, 0.1) is 0 Å². The molecule has 1 atom stereocenters. The molecule has 0 saturated heterocycles. The highest BCUT2D eigenvalue weighted by Crippen LogP contribution is 1.95. The highest BCUT2D eigenvalue weighted by atomic mass is 32.2. The Kier molecular flexibility index (Phi) is 4.60. The van der Waals surface area contributed by atoms with Crippen LogP contribution >= 0.6 is 11.8 Å². The Morgan fingerprint density at radius 2 is 2.43 bits per heavy atom. The summed E-state index contributed by atoms with van der Waals surface area (Å²) in [6, 6.07) is 0. The zero-order valence-corrected chi connectivity index (χ0v) is 5.24. The highest BCUT2D eigenvalue weighted by molar-refractivity contribution is 7.98. The van der Waals surface area contributed by atoms with Crippen molar-refractivity contribution in [2.75, 3.05) is 12.0 Å². The zero-order chi connectivity index (χ0) is 5.70. The molecule has 0 aliphatic rings. The average Bonchev–Trinajstić information content (AvgIpc) is 1.61. The number of rotatable bonds is 3. The fourth-order valence-corrected chi connectivity index (χ4v) is 0.716. The maximum atomic E-state index is 8.45. The van der Waals surface area contributed by atoms with Gasteiger partial charge in [0.25, 0.3) is 0 Å². The first-order valence-corrected chi connectivity index (χ1v) is 3.59. The maximum Gasteiger partial charge on any atom is 0.103 e. The number of thioether (sulfide) groups is 1. The van der Waals surface area contributed by atoms with Crippen LogP contribution in [0.2, 0.25) is 0 Å². The fourth-order valence-electron chi connectivity index (χ4n) is 0.239. The third kappa shape index (κ3) is 6.27. The van der Waals surface area contributed by atoms with E-state index in [2.05, 4.69) is 0 Å². The first-order valence-electron chi connectivity index (χ1n) is 2.20. The molecule has 0 saturated carbocycles. The summed E-state index contributed by atoms with van der Waals surface area (Å²) in [6.45, 7) is 0. The Labute approximate surface area is 48.1 Å². The Hall–Kier alpha value is 0.270. The minimum Gasteiger partial charge on any atom is -0.379 e. The van der Waals surface area contributed by atoms with E-state index in [1.807, 2.05) is 6.26 Å². The van der Waals surface area contributed by atoms with Gasteiger partial charge in [0, 0.05) is 0 Å². The molecule has 44 valence electrons. The first kappa shape index (κ1) is 7.27. The van der Waals surface area contributed by atoms with Crippen molar-refractivity contribution in [2.24, 2.45) is 5.73 Å². The molecule has 7 heavy (non-hydrogen) atoms. The molecular formula is C4H11NOS. The Morgan fingerprint density at radius 3 is 2.57 bits per heavy atom. The van der Waals surface area contributed by atoms with Crippen molar-refractivity contribution in [2.45, 2.75) is 12.6 Å². The van der Waals surface area contributed by atoms with Crippen molar-refractivity contribution in [1.29, 1.82) is 0 Å². The van der Waals surface area contributed by atoms with E-state index in [4.69, 9.17) is 10.8 Å². The number of aliphatic hydroxyl groups excluding tert-OH is 1. The summed E-state index contributed by atoms with van der Waals surface area (Å²) in [5.74, 6) is 0.942. The van der Waals surface area contributed by atoms with Crippen LogP contribution in [0.15, 0.2) is 0 Å². The van der Waals surface area contributed by atoms with Gasteiger partial charge >= 0.3 is 0 Å². The van der Waals surface area contributed by atoms with Gasteiger partial charge < -0.3 is 10.8 Å². The summed E-state index contributed by atoms with van der Waals surface area (Å²) >= 11 is 1.69. The van der Waals surface area contributed by atoms with Gasteiger partial charge in [-0.15, -0.1) is 0 Å². The normalized spacial score (nSPS) is 14.1. The summed E-state index contributed by atoms with van der Waals surface area (Å²) in [6.07, 6.45) is 2.07. The highest BCUT2D eigenvalue weighted by Gasteiger charge is 1.90. The van der Waals surface area contributed by atoms with Crippen LogP contribution in [0.1, 0.15) is 6.42 Å². The van der Waals surface area contributed by atoms with E-state index in [9.17, 15) is 0 Å². The molecule has 2 nitrogen and oxygen atoms in total. The second-order valence-electron chi connectivity index (χ2n) is 1.35. The van der Waals surface area contributed by atoms with Crippen LogP contribution in [-0.2, 0) is 0 Å². The monoisotopic (exact) mass is 121 g/mol. The van der Waals surface area contributed by atoms with Crippen molar-refractivity contribution >= 4 is 11.8 Å². The molecule has 0 aliphatic carbocycles. The predicted molar refractivity (Wildman–Crippen MR) is 33.2 cm³/mol. The SMILES string of the molecule is CSCC[C@H](N)O. The molecule has 0 aliphatic heterocycles. The zero-order valence-electron chi connectivity index (χ0n) is 4.42. The lowest BCUT2D eigenvalue weighted by Crippen LogP contribution is -2.18. The van der Waals surface area contributed by atoms with Crippen molar-refractivity contribution in [1.82, 2.24) is 0 Å². The van der Waals surface area contributed by atoms with Gasteiger partial charge in [0.2, 0.25) is 0 Å². The van der Waals surface area contributed by atoms with Crippen LogP contribution in [0.3, 0.4) is 0 Å². The van der Waals surface area contributed by atoms with Crippen LogP contribution < -0.4 is 5.73 Å². The molecule has 0 unspecified atom stereocenters. The molecule has 0 rings (SSSR count). The average molecular weight is 121 g/mol. The topological polar surface area (TPSA) is 46.2 Å². The van der Waals surface area contributed by atoms with Gasteiger partial charge in [-0.2, -0.15) is 11.8 Å². The molecule has 3 N–H and O–H groups in total. The summed E-state index contributed by atoms with van der Waals surface area (Å²) in [5.41, 5.74) is 5.02. The number of hydrogen-bond donors (Lipinski definition) is 2. The molecule has 0 aromatic rings. The van der Waals surface area contributed by atoms with Gasteiger partial charge in [0.15, 0.2) is 0 Å². The third-order valence-corrected chi connectivity index (χ3v) is 1.26. The molecule has 0 spiro atoms. The van der Waals surface area contributed by atoms with Crippen molar-refractivity contribution < 1.29 is 5.11 Å². The van der Waals surface area contributed by atoms with Crippen molar-refractivity contribution in [3.63, 3.8) is 0 Å². The minimum absolute atomic E-state index is 0.618. The second-order valence-corrected chi connectivity index (χ2v) is 2.33. The second kappa shape index (κ2) is 4.43. The van der Waals surface area contributed by atoms with E-state index in [1.165, 1.54) is 0 Å². The number of nitrogens with two attached hydrogens (primary N) is 1. The summed E-state index contributed by atoms with van der Waals surface area (Å²) < 4.78 is 0. The molecule has 0 bridgehead atoms. The molecule has 0 aromatic carbocycles. The molecule has 3 heteroatoms. The predicted octanol–water partition coefficient (Wildman–Crippen LogP) is 0.0166. The first-order chi connectivity index (χ1) is 3.27. The lowest BCUT2D eigenvalue weighted by molar-refractivity contribution is 0.179. The van der Waals surface area contributed by atoms with E-state index in [0.29, 0.717) is 6.42 Å². The Bertz CT molecular complexity index is 40.7. The third-order valence-electron chi connectivity index (χ3n) is 0.618. The van der Waals surface area contributed by atoms with Crippen LogP contribution in [0, 0.1) is 0 Å². The van der Waals surface area contributed by atoms with Crippen LogP contribution in [0.5, 0.6) is 0 Å². The van der Waals surface area contributed by atoms with Gasteiger partial charge in [-0.25, -0.2) is 0 Å². The fraction of sp³-hybridized carbons (Fsp3) is 1.00. The molecule has 0 aromatic heterocycles. The molecule has 0 heterocycles. The Morgan fingerprint density at radius 1 is 1.86 bits per heavy atom.